The van der Waals surface area contributed by atoms with Crippen LogP contribution in [0.5, 0.6) is 0 Å². The average Bonchev–Trinajstić information content (AvgIpc) is 2.04. The molecule has 0 saturated heterocycles. The summed E-state index contributed by atoms with van der Waals surface area (Å²) in [6, 6.07) is 0. The van der Waals surface area contributed by atoms with Crippen molar-refractivity contribution in [2.75, 3.05) is 0 Å². The van der Waals surface area contributed by atoms with Crippen molar-refractivity contribution in [3.8, 4) is 0 Å². The van der Waals surface area contributed by atoms with Gasteiger partial charge in [-0.15, -0.1) is 0 Å². The Morgan fingerprint density at radius 3 is 2.14 bits per heavy atom. The van der Waals surface area contributed by atoms with Crippen molar-refractivity contribution in [1.82, 2.24) is 0 Å². The number of hydrogen-bond acceptors (Lipinski definition) is 3. The normalized spacial score (nSPS) is 18.7. The zero-order valence-corrected chi connectivity index (χ0v) is 9.83. The number of nitrogens with zero attached hydrogens (tertiary/aromatic N) is 1. The predicted octanol–water partition coefficient (Wildman–Crippen LogP) is 2.40. The van der Waals surface area contributed by atoms with Gasteiger partial charge in [-0.1, -0.05) is 40.5 Å². The van der Waals surface area contributed by atoms with Crippen LogP contribution in [0.15, 0.2) is 0 Å². The van der Waals surface area contributed by atoms with Crippen LogP contribution in [0.4, 0.5) is 0 Å². The Morgan fingerprint density at radius 2 is 1.86 bits per heavy atom. The Morgan fingerprint density at radius 1 is 1.43 bits per heavy atom. The summed E-state index contributed by atoms with van der Waals surface area (Å²) < 4.78 is 0. The molecule has 4 nitrogen and oxygen atoms in total. The SMILES string of the molecule is CCCC(C)C(C)(C)C(C)(N)[N+](=O)[O-]. The molecule has 4 heteroatoms. The molecule has 0 aliphatic heterocycles. The van der Waals surface area contributed by atoms with Crippen LogP contribution in [0.3, 0.4) is 0 Å². The highest BCUT2D eigenvalue weighted by Crippen LogP contribution is 2.39. The second-order valence-electron chi connectivity index (χ2n) is 4.82. The zero-order valence-electron chi connectivity index (χ0n) is 9.83. The Balaban J connectivity index is 4.83. The van der Waals surface area contributed by atoms with Gasteiger partial charge in [0.2, 0.25) is 0 Å². The van der Waals surface area contributed by atoms with E-state index in [1.165, 1.54) is 6.92 Å². The standard InChI is InChI=1S/C10H22N2O2/c1-6-7-8(2)9(3,4)10(5,11)12(13)14/h8H,6-7,11H2,1-5H3. The molecule has 2 atom stereocenters. The summed E-state index contributed by atoms with van der Waals surface area (Å²) in [5.74, 6) is 0.243. The quantitative estimate of drug-likeness (QED) is 0.423. The van der Waals surface area contributed by atoms with E-state index in [-0.39, 0.29) is 10.8 Å². The van der Waals surface area contributed by atoms with Crippen molar-refractivity contribution in [2.24, 2.45) is 17.1 Å². The van der Waals surface area contributed by atoms with E-state index < -0.39 is 11.1 Å². The Bertz CT molecular complexity index is 212. The average molecular weight is 202 g/mol. The van der Waals surface area contributed by atoms with Crippen molar-refractivity contribution in [3.63, 3.8) is 0 Å². The summed E-state index contributed by atoms with van der Waals surface area (Å²) in [6.07, 6.45) is 1.99. The fraction of sp³-hybridized carbons (Fsp3) is 1.00. The van der Waals surface area contributed by atoms with Crippen molar-refractivity contribution in [3.05, 3.63) is 10.1 Å². The first kappa shape index (κ1) is 13.4. The van der Waals surface area contributed by atoms with Gasteiger partial charge in [-0.2, -0.15) is 0 Å². The molecule has 0 aromatic carbocycles. The lowest BCUT2D eigenvalue weighted by Gasteiger charge is -2.38. The van der Waals surface area contributed by atoms with Gasteiger partial charge in [0.15, 0.2) is 0 Å². The fourth-order valence-corrected chi connectivity index (χ4v) is 1.53. The summed E-state index contributed by atoms with van der Waals surface area (Å²) >= 11 is 0. The van der Waals surface area contributed by atoms with Gasteiger partial charge in [-0.3, -0.25) is 15.8 Å². The molecule has 0 rings (SSSR count). The van der Waals surface area contributed by atoms with Gasteiger partial charge in [0.25, 0.3) is 5.66 Å². The second kappa shape index (κ2) is 4.26. The molecule has 2 N–H and O–H groups in total. The molecule has 0 heterocycles. The van der Waals surface area contributed by atoms with Crippen molar-refractivity contribution >= 4 is 0 Å². The van der Waals surface area contributed by atoms with E-state index in [0.29, 0.717) is 0 Å². The first-order valence-corrected chi connectivity index (χ1v) is 5.11. The predicted molar refractivity (Wildman–Crippen MR) is 57.4 cm³/mol. The van der Waals surface area contributed by atoms with Gasteiger partial charge in [-0.25, -0.2) is 0 Å². The third-order valence-electron chi connectivity index (χ3n) is 3.64. The summed E-state index contributed by atoms with van der Waals surface area (Å²) in [5, 5.41) is 10.9. The lowest BCUT2D eigenvalue weighted by molar-refractivity contribution is -0.587. The topological polar surface area (TPSA) is 69.2 Å². The Kier molecular flexibility index (Phi) is 4.06. The molecule has 0 aliphatic rings. The van der Waals surface area contributed by atoms with E-state index in [9.17, 15) is 10.1 Å². The summed E-state index contributed by atoms with van der Waals surface area (Å²) in [4.78, 5) is 10.5. The van der Waals surface area contributed by atoms with E-state index in [0.717, 1.165) is 12.8 Å². The van der Waals surface area contributed by atoms with Crippen LogP contribution >= 0.6 is 0 Å². The highest BCUT2D eigenvalue weighted by Gasteiger charge is 2.51. The van der Waals surface area contributed by atoms with Gasteiger partial charge < -0.3 is 0 Å². The monoisotopic (exact) mass is 202 g/mol. The zero-order chi connectivity index (χ0) is 11.6. The van der Waals surface area contributed by atoms with E-state index >= 15 is 0 Å². The minimum Gasteiger partial charge on any atom is -0.266 e. The second-order valence-corrected chi connectivity index (χ2v) is 4.82. The van der Waals surface area contributed by atoms with E-state index in [2.05, 4.69) is 6.92 Å². The molecule has 0 saturated carbocycles. The molecule has 0 spiro atoms. The smallest absolute Gasteiger partial charge is 0.266 e. The van der Waals surface area contributed by atoms with Crippen LogP contribution in [-0.2, 0) is 0 Å². The molecule has 14 heavy (non-hydrogen) atoms. The first-order chi connectivity index (χ1) is 6.17. The molecule has 2 unspecified atom stereocenters. The number of nitro groups is 1. The molecule has 0 aliphatic carbocycles. The summed E-state index contributed by atoms with van der Waals surface area (Å²) in [6.45, 7) is 9.34. The van der Waals surface area contributed by atoms with Crippen LogP contribution in [0.25, 0.3) is 0 Å². The minimum absolute atomic E-state index is 0.243. The van der Waals surface area contributed by atoms with Gasteiger partial charge in [0.05, 0.1) is 5.41 Å². The summed E-state index contributed by atoms with van der Waals surface area (Å²) in [7, 11) is 0. The lowest BCUT2D eigenvalue weighted by Crippen LogP contribution is -2.58. The molecular weight excluding hydrogens is 180 g/mol. The number of nitrogens with two attached hydrogens (primary N) is 1. The summed E-state index contributed by atoms with van der Waals surface area (Å²) in [5.41, 5.74) is 3.92. The van der Waals surface area contributed by atoms with Crippen LogP contribution < -0.4 is 5.73 Å². The molecule has 0 fully saturated rings. The van der Waals surface area contributed by atoms with Crippen LogP contribution in [0.1, 0.15) is 47.5 Å². The van der Waals surface area contributed by atoms with Crippen LogP contribution in [0.2, 0.25) is 0 Å². The Hall–Kier alpha value is -0.640. The van der Waals surface area contributed by atoms with Gasteiger partial charge in [0.1, 0.15) is 0 Å². The fourth-order valence-electron chi connectivity index (χ4n) is 1.53. The maximum absolute atomic E-state index is 10.9. The van der Waals surface area contributed by atoms with E-state index in [1.807, 2.05) is 20.8 Å². The van der Waals surface area contributed by atoms with Gasteiger partial charge >= 0.3 is 0 Å². The highest BCUT2D eigenvalue weighted by molar-refractivity contribution is 4.89. The van der Waals surface area contributed by atoms with Crippen LogP contribution in [0, 0.1) is 21.4 Å². The maximum atomic E-state index is 10.9. The van der Waals surface area contributed by atoms with Crippen molar-refractivity contribution in [2.45, 2.75) is 53.1 Å². The molecule has 0 aromatic heterocycles. The number of rotatable bonds is 5. The molecule has 0 aromatic rings. The molecule has 84 valence electrons. The van der Waals surface area contributed by atoms with Crippen molar-refractivity contribution in [1.29, 1.82) is 0 Å². The molecule has 0 radical (unpaired) electrons. The molecular formula is C10H22N2O2. The van der Waals surface area contributed by atoms with E-state index in [1.54, 1.807) is 0 Å². The molecule has 0 amide bonds. The largest absolute Gasteiger partial charge is 0.275 e. The Labute approximate surface area is 86.0 Å². The highest BCUT2D eigenvalue weighted by atomic mass is 16.6. The van der Waals surface area contributed by atoms with Crippen molar-refractivity contribution < 1.29 is 4.92 Å². The molecule has 0 bridgehead atoms. The minimum atomic E-state index is -1.36. The maximum Gasteiger partial charge on any atom is 0.275 e. The third-order valence-corrected chi connectivity index (χ3v) is 3.64. The lowest BCUT2D eigenvalue weighted by atomic mass is 9.69. The van der Waals surface area contributed by atoms with Gasteiger partial charge in [-0.05, 0) is 5.92 Å². The number of hydrogen-bond donors (Lipinski definition) is 1. The van der Waals surface area contributed by atoms with Gasteiger partial charge in [0, 0.05) is 11.8 Å². The van der Waals surface area contributed by atoms with E-state index in [4.69, 9.17) is 5.73 Å². The first-order valence-electron chi connectivity index (χ1n) is 5.11. The third kappa shape index (κ3) is 2.23. The van der Waals surface area contributed by atoms with Crippen LogP contribution in [-0.4, -0.2) is 10.6 Å².